The molecule has 0 aliphatic heterocycles. The molecule has 2 unspecified atom stereocenters. The second kappa shape index (κ2) is 4.30. The van der Waals surface area contributed by atoms with Gasteiger partial charge in [-0.2, -0.15) is 5.10 Å². The fraction of sp³-hybridized carbons (Fsp3) is 0.385. The molecule has 2 atom stereocenters. The lowest BCUT2D eigenvalue weighted by Gasteiger charge is -2.03. The predicted molar refractivity (Wildman–Crippen MR) is 66.4 cm³/mol. The van der Waals surface area contributed by atoms with Crippen LogP contribution in [-0.2, 0) is 0 Å². The van der Waals surface area contributed by atoms with Gasteiger partial charge in [0.2, 0.25) is 0 Å². The highest BCUT2D eigenvalue weighted by Gasteiger charge is 2.25. The number of nitrogens with zero attached hydrogens (tertiary/aromatic N) is 2. The third-order valence-corrected chi connectivity index (χ3v) is 3.39. The Morgan fingerprint density at radius 2 is 2.00 bits per heavy atom. The molecule has 1 aliphatic carbocycles. The zero-order chi connectivity index (χ0) is 11.7. The number of aromatic nitrogens is 3. The number of nitrogens with one attached hydrogen (secondary N) is 1. The van der Waals surface area contributed by atoms with Crippen LogP contribution < -0.4 is 5.73 Å². The van der Waals surface area contributed by atoms with Crippen LogP contribution in [0.3, 0.4) is 0 Å². The Bertz CT molecular complexity index is 491. The van der Waals surface area contributed by atoms with Crippen LogP contribution in [0.15, 0.2) is 30.3 Å². The van der Waals surface area contributed by atoms with E-state index in [2.05, 4.69) is 15.2 Å². The molecule has 0 bridgehead atoms. The molecule has 1 heterocycles. The first-order valence-electron chi connectivity index (χ1n) is 6.06. The zero-order valence-corrected chi connectivity index (χ0v) is 9.63. The average molecular weight is 228 g/mol. The summed E-state index contributed by atoms with van der Waals surface area (Å²) < 4.78 is 0. The monoisotopic (exact) mass is 228 g/mol. The molecule has 17 heavy (non-hydrogen) atoms. The molecule has 88 valence electrons. The van der Waals surface area contributed by atoms with Crippen molar-refractivity contribution in [1.82, 2.24) is 15.2 Å². The van der Waals surface area contributed by atoms with Gasteiger partial charge in [0.25, 0.3) is 0 Å². The van der Waals surface area contributed by atoms with Gasteiger partial charge < -0.3 is 5.73 Å². The lowest BCUT2D eigenvalue weighted by molar-refractivity contribution is 0.645. The van der Waals surface area contributed by atoms with Crippen LogP contribution in [0, 0.1) is 0 Å². The van der Waals surface area contributed by atoms with Gasteiger partial charge in [-0.1, -0.05) is 30.3 Å². The molecule has 4 nitrogen and oxygen atoms in total. The number of aromatic amines is 1. The Morgan fingerprint density at radius 3 is 2.71 bits per heavy atom. The number of rotatable bonds is 2. The molecule has 1 aliphatic rings. The van der Waals surface area contributed by atoms with E-state index in [1.165, 1.54) is 0 Å². The maximum absolute atomic E-state index is 5.92. The van der Waals surface area contributed by atoms with E-state index in [1.807, 2.05) is 30.3 Å². The van der Waals surface area contributed by atoms with Gasteiger partial charge in [-0.05, 0) is 19.3 Å². The highest BCUT2D eigenvalue weighted by molar-refractivity contribution is 5.53. The second-order valence-electron chi connectivity index (χ2n) is 4.68. The van der Waals surface area contributed by atoms with Crippen molar-refractivity contribution in [2.24, 2.45) is 5.73 Å². The van der Waals surface area contributed by atoms with Crippen LogP contribution >= 0.6 is 0 Å². The molecule has 1 saturated carbocycles. The normalized spacial score (nSPS) is 24.1. The molecular formula is C13H16N4. The number of nitrogens with two attached hydrogens (primary N) is 1. The lowest BCUT2D eigenvalue weighted by Crippen LogP contribution is -2.14. The van der Waals surface area contributed by atoms with E-state index in [-0.39, 0.29) is 0 Å². The Hall–Kier alpha value is -1.68. The van der Waals surface area contributed by atoms with Gasteiger partial charge in [0.1, 0.15) is 5.82 Å². The standard InChI is InChI=1S/C13H16N4/c14-11-7-6-10(8-11)13-15-12(16-17-13)9-4-2-1-3-5-9/h1-5,10-11H,6-8,14H2,(H,15,16,17). The first-order chi connectivity index (χ1) is 8.33. The smallest absolute Gasteiger partial charge is 0.181 e. The van der Waals surface area contributed by atoms with Gasteiger partial charge >= 0.3 is 0 Å². The Balaban J connectivity index is 1.84. The molecule has 0 amide bonds. The fourth-order valence-electron chi connectivity index (χ4n) is 2.44. The largest absolute Gasteiger partial charge is 0.328 e. The molecule has 4 heteroatoms. The topological polar surface area (TPSA) is 67.6 Å². The molecule has 2 aromatic rings. The van der Waals surface area contributed by atoms with Crippen LogP contribution in [0.4, 0.5) is 0 Å². The molecule has 0 radical (unpaired) electrons. The zero-order valence-electron chi connectivity index (χ0n) is 9.63. The van der Waals surface area contributed by atoms with Crippen molar-refractivity contribution in [1.29, 1.82) is 0 Å². The van der Waals surface area contributed by atoms with Crippen molar-refractivity contribution in [3.63, 3.8) is 0 Å². The lowest BCUT2D eigenvalue weighted by atomic mass is 10.1. The van der Waals surface area contributed by atoms with Crippen molar-refractivity contribution in [2.75, 3.05) is 0 Å². The quantitative estimate of drug-likeness (QED) is 0.826. The van der Waals surface area contributed by atoms with Crippen molar-refractivity contribution >= 4 is 0 Å². The molecule has 0 saturated heterocycles. The fourth-order valence-corrected chi connectivity index (χ4v) is 2.44. The number of hydrogen-bond acceptors (Lipinski definition) is 3. The van der Waals surface area contributed by atoms with E-state index < -0.39 is 0 Å². The molecule has 1 fully saturated rings. The van der Waals surface area contributed by atoms with Crippen LogP contribution in [0.2, 0.25) is 0 Å². The van der Waals surface area contributed by atoms with Crippen molar-refractivity contribution in [2.45, 2.75) is 31.2 Å². The van der Waals surface area contributed by atoms with E-state index >= 15 is 0 Å². The number of H-pyrrole nitrogens is 1. The molecule has 3 rings (SSSR count). The van der Waals surface area contributed by atoms with E-state index in [4.69, 9.17) is 5.73 Å². The van der Waals surface area contributed by atoms with Crippen LogP contribution in [0.1, 0.15) is 31.0 Å². The van der Waals surface area contributed by atoms with Crippen LogP contribution in [-0.4, -0.2) is 21.2 Å². The SMILES string of the molecule is NC1CCC(c2nc(-c3ccccc3)n[nH]2)C1. The highest BCUT2D eigenvalue weighted by Crippen LogP contribution is 2.32. The molecule has 1 aromatic heterocycles. The Morgan fingerprint density at radius 1 is 1.18 bits per heavy atom. The third-order valence-electron chi connectivity index (χ3n) is 3.39. The first-order valence-corrected chi connectivity index (χ1v) is 6.06. The van der Waals surface area contributed by atoms with E-state index in [1.54, 1.807) is 0 Å². The van der Waals surface area contributed by atoms with E-state index in [0.717, 1.165) is 36.5 Å². The summed E-state index contributed by atoms with van der Waals surface area (Å²) in [5.41, 5.74) is 6.97. The van der Waals surface area contributed by atoms with Gasteiger partial charge in [0.15, 0.2) is 5.82 Å². The minimum atomic E-state index is 0.324. The van der Waals surface area contributed by atoms with E-state index in [0.29, 0.717) is 12.0 Å². The highest BCUT2D eigenvalue weighted by atomic mass is 15.2. The summed E-state index contributed by atoms with van der Waals surface area (Å²) >= 11 is 0. The maximum Gasteiger partial charge on any atom is 0.181 e. The summed E-state index contributed by atoms with van der Waals surface area (Å²) in [5, 5.41) is 7.33. The van der Waals surface area contributed by atoms with Crippen molar-refractivity contribution in [3.8, 4) is 11.4 Å². The Kier molecular flexibility index (Phi) is 2.65. The molecule has 3 N–H and O–H groups in total. The summed E-state index contributed by atoms with van der Waals surface area (Å²) in [7, 11) is 0. The summed E-state index contributed by atoms with van der Waals surface area (Å²) in [4.78, 5) is 4.57. The number of hydrogen-bond donors (Lipinski definition) is 2. The van der Waals surface area contributed by atoms with Crippen molar-refractivity contribution in [3.05, 3.63) is 36.2 Å². The number of benzene rings is 1. The van der Waals surface area contributed by atoms with Gasteiger partial charge in [-0.3, -0.25) is 5.10 Å². The maximum atomic E-state index is 5.92. The second-order valence-corrected chi connectivity index (χ2v) is 4.68. The Labute approximate surface area is 100 Å². The summed E-state index contributed by atoms with van der Waals surface area (Å²) in [6.45, 7) is 0. The third kappa shape index (κ3) is 2.08. The first kappa shape index (κ1) is 10.5. The summed E-state index contributed by atoms with van der Waals surface area (Å²) in [6, 6.07) is 10.4. The predicted octanol–water partition coefficient (Wildman–Crippen LogP) is 2.07. The molecule has 1 aromatic carbocycles. The van der Waals surface area contributed by atoms with Crippen LogP contribution in [0.25, 0.3) is 11.4 Å². The summed E-state index contributed by atoms with van der Waals surface area (Å²) in [6.07, 6.45) is 3.22. The molecular weight excluding hydrogens is 212 g/mol. The average Bonchev–Trinajstić information content (AvgIpc) is 2.98. The van der Waals surface area contributed by atoms with Gasteiger partial charge in [-0.25, -0.2) is 4.98 Å². The minimum Gasteiger partial charge on any atom is -0.328 e. The van der Waals surface area contributed by atoms with E-state index in [9.17, 15) is 0 Å². The van der Waals surface area contributed by atoms with Crippen LogP contribution in [0.5, 0.6) is 0 Å². The van der Waals surface area contributed by atoms with Crippen molar-refractivity contribution < 1.29 is 0 Å². The van der Waals surface area contributed by atoms with Gasteiger partial charge in [0.05, 0.1) is 0 Å². The van der Waals surface area contributed by atoms with Gasteiger partial charge in [-0.15, -0.1) is 0 Å². The molecule has 0 spiro atoms. The minimum absolute atomic E-state index is 0.324. The summed E-state index contributed by atoms with van der Waals surface area (Å²) in [5.74, 6) is 2.22. The van der Waals surface area contributed by atoms with Gasteiger partial charge in [0, 0.05) is 17.5 Å².